The number of hydrogen-bond donors (Lipinski definition) is 1. The van der Waals surface area contributed by atoms with E-state index in [-0.39, 0.29) is 23.7 Å². The van der Waals surface area contributed by atoms with E-state index >= 15 is 0 Å². The Morgan fingerprint density at radius 2 is 1.83 bits per heavy atom. The van der Waals surface area contributed by atoms with Crippen LogP contribution in [0.5, 0.6) is 0 Å². The summed E-state index contributed by atoms with van der Waals surface area (Å²) >= 11 is 0. The minimum absolute atomic E-state index is 0.0493. The third-order valence-corrected chi connectivity index (χ3v) is 8.65. The monoisotopic (exact) mass is 484 g/mol. The molecule has 184 valence electrons. The summed E-state index contributed by atoms with van der Waals surface area (Å²) in [6.45, 7) is 11.2. The van der Waals surface area contributed by atoms with E-state index in [1.807, 2.05) is 44.2 Å². The normalized spacial score (nSPS) is 28.5. The summed E-state index contributed by atoms with van der Waals surface area (Å²) in [5.41, 5.74) is -1.84. The van der Waals surface area contributed by atoms with Gasteiger partial charge >= 0.3 is 0 Å². The highest BCUT2D eigenvalue weighted by atomic mass is 16.3. The Bertz CT molecular complexity index is 1560. The van der Waals surface area contributed by atoms with Gasteiger partial charge in [-0.05, 0) is 36.1 Å². The molecule has 0 bridgehead atoms. The molecule has 0 radical (unpaired) electrons. The molecule has 2 aromatic carbocycles. The first-order valence-corrected chi connectivity index (χ1v) is 12.1. The molecule has 3 aliphatic heterocycles. The number of fused-ring (bicyclic) bond motifs is 8. The molecule has 0 saturated carbocycles. The molecule has 1 N–H and O–H groups in total. The summed E-state index contributed by atoms with van der Waals surface area (Å²) in [6.07, 6.45) is 1.04. The second-order valence-corrected chi connectivity index (χ2v) is 10.7. The number of nitrogens with zero attached hydrogens (tertiary/aromatic N) is 4. The van der Waals surface area contributed by atoms with Gasteiger partial charge in [0.25, 0.3) is 5.56 Å². The zero-order valence-electron chi connectivity index (χ0n) is 20.7. The van der Waals surface area contributed by atoms with Gasteiger partial charge in [0.05, 0.1) is 16.3 Å². The Hall–Kier alpha value is -3.78. The first-order chi connectivity index (χ1) is 17.0. The van der Waals surface area contributed by atoms with Crippen molar-refractivity contribution in [2.24, 2.45) is 5.41 Å². The van der Waals surface area contributed by atoms with E-state index in [1.54, 1.807) is 36.1 Å². The molecule has 6 rings (SSSR count). The molecule has 1 fully saturated rings. The number of rotatable bonds is 2. The summed E-state index contributed by atoms with van der Waals surface area (Å²) < 4.78 is 1.32. The topological polar surface area (TPSA) is 95.7 Å². The van der Waals surface area contributed by atoms with Crippen molar-refractivity contribution in [1.82, 2.24) is 14.5 Å². The van der Waals surface area contributed by atoms with Crippen molar-refractivity contribution in [3.63, 3.8) is 0 Å². The molecule has 3 aliphatic rings. The maximum Gasteiger partial charge on any atom is 0.262 e. The average Bonchev–Trinajstić information content (AvgIpc) is 3.30. The molecular formula is C28H28N4O4. The van der Waals surface area contributed by atoms with Crippen LogP contribution < -0.4 is 10.5 Å². The number of aliphatic hydroxyl groups is 1. The SMILES string of the molecule is C=CC(C)(C)[C@]12C[C@@]3(O)c4nc5ccccc5c(=O)n4[C@H](C)C(=O)N3[C@@H]1N(C(C)=O)c1ccccc12. The van der Waals surface area contributed by atoms with Crippen molar-refractivity contribution in [2.75, 3.05) is 4.90 Å². The van der Waals surface area contributed by atoms with E-state index in [9.17, 15) is 19.5 Å². The highest BCUT2D eigenvalue weighted by Crippen LogP contribution is 2.66. The van der Waals surface area contributed by atoms with Crippen LogP contribution in [-0.4, -0.2) is 37.5 Å². The third-order valence-electron chi connectivity index (χ3n) is 8.65. The van der Waals surface area contributed by atoms with Gasteiger partial charge in [-0.3, -0.25) is 28.8 Å². The van der Waals surface area contributed by atoms with Gasteiger partial charge in [0.1, 0.15) is 12.2 Å². The van der Waals surface area contributed by atoms with Crippen LogP contribution in [0.3, 0.4) is 0 Å². The quantitative estimate of drug-likeness (QED) is 0.564. The Morgan fingerprint density at radius 3 is 2.53 bits per heavy atom. The molecule has 3 aromatic rings. The smallest absolute Gasteiger partial charge is 0.262 e. The predicted octanol–water partition coefficient (Wildman–Crippen LogP) is 3.19. The zero-order valence-corrected chi connectivity index (χ0v) is 20.7. The van der Waals surface area contributed by atoms with Gasteiger partial charge in [-0.15, -0.1) is 6.58 Å². The standard InChI is InChI=1S/C28H28N4O4/c1-6-26(4,5)27-15-28(36)24-29-20-13-9-7-11-18(20)23(35)30(24)16(2)22(34)32(28)25(27)31(17(3)33)21-14-10-8-12-19(21)27/h6-14,16,25,36H,1,15H2,2-5H3/t16-,25+,27+,28-/m1/s1. The Labute approximate surface area is 208 Å². The van der Waals surface area contributed by atoms with E-state index in [1.165, 1.54) is 16.4 Å². The molecule has 8 heteroatoms. The Kier molecular flexibility index (Phi) is 4.35. The van der Waals surface area contributed by atoms with Crippen LogP contribution in [-0.2, 0) is 20.7 Å². The molecule has 4 heterocycles. The number of para-hydroxylation sites is 2. The molecule has 8 nitrogen and oxygen atoms in total. The van der Waals surface area contributed by atoms with Gasteiger partial charge in [0, 0.05) is 19.0 Å². The lowest BCUT2D eigenvalue weighted by Crippen LogP contribution is -2.63. The summed E-state index contributed by atoms with van der Waals surface area (Å²) in [4.78, 5) is 48.6. The van der Waals surface area contributed by atoms with E-state index in [4.69, 9.17) is 4.98 Å². The van der Waals surface area contributed by atoms with Crippen LogP contribution in [0.15, 0.2) is 66.0 Å². The van der Waals surface area contributed by atoms with E-state index in [0.717, 1.165) is 5.56 Å². The predicted molar refractivity (Wildman–Crippen MR) is 135 cm³/mol. The summed E-state index contributed by atoms with van der Waals surface area (Å²) in [6, 6.07) is 13.6. The van der Waals surface area contributed by atoms with Crippen LogP contribution in [0.4, 0.5) is 5.69 Å². The molecule has 0 aliphatic carbocycles. The van der Waals surface area contributed by atoms with Gasteiger partial charge in [0.15, 0.2) is 5.82 Å². The van der Waals surface area contributed by atoms with Gasteiger partial charge in [-0.2, -0.15) is 0 Å². The van der Waals surface area contributed by atoms with E-state index < -0.39 is 34.7 Å². The summed E-state index contributed by atoms with van der Waals surface area (Å²) in [5.74, 6) is -0.559. The average molecular weight is 485 g/mol. The number of aromatic nitrogens is 2. The lowest BCUT2D eigenvalue weighted by molar-refractivity contribution is -0.172. The second-order valence-electron chi connectivity index (χ2n) is 10.7. The van der Waals surface area contributed by atoms with Gasteiger partial charge in [-0.1, -0.05) is 50.3 Å². The van der Waals surface area contributed by atoms with Crippen molar-refractivity contribution in [1.29, 1.82) is 0 Å². The van der Waals surface area contributed by atoms with Crippen LogP contribution in [0, 0.1) is 5.41 Å². The number of amides is 2. The van der Waals surface area contributed by atoms with Gasteiger partial charge in [-0.25, -0.2) is 4.98 Å². The van der Waals surface area contributed by atoms with Crippen LogP contribution in [0.1, 0.15) is 51.5 Å². The molecule has 0 unspecified atom stereocenters. The van der Waals surface area contributed by atoms with E-state index in [2.05, 4.69) is 6.58 Å². The Morgan fingerprint density at radius 1 is 1.17 bits per heavy atom. The number of anilines is 1. The minimum Gasteiger partial charge on any atom is -0.364 e. The van der Waals surface area contributed by atoms with Crippen molar-refractivity contribution in [3.8, 4) is 0 Å². The molecule has 4 atom stereocenters. The van der Waals surface area contributed by atoms with Crippen molar-refractivity contribution < 1.29 is 14.7 Å². The fourth-order valence-electron chi connectivity index (χ4n) is 6.77. The second kappa shape index (κ2) is 6.91. The van der Waals surface area contributed by atoms with Crippen LogP contribution in [0.25, 0.3) is 10.9 Å². The number of carbonyl (C=O) groups is 2. The first-order valence-electron chi connectivity index (χ1n) is 12.1. The highest BCUT2D eigenvalue weighted by Gasteiger charge is 2.74. The largest absolute Gasteiger partial charge is 0.364 e. The number of hydrogen-bond acceptors (Lipinski definition) is 5. The maximum absolute atomic E-state index is 14.1. The Balaban J connectivity index is 1.74. The van der Waals surface area contributed by atoms with Crippen molar-refractivity contribution >= 4 is 28.4 Å². The first kappa shape index (κ1) is 22.7. The van der Waals surface area contributed by atoms with Crippen molar-refractivity contribution in [3.05, 3.63) is 82.9 Å². The van der Waals surface area contributed by atoms with Crippen molar-refractivity contribution in [2.45, 2.75) is 57.5 Å². The van der Waals surface area contributed by atoms with E-state index in [0.29, 0.717) is 16.6 Å². The fourth-order valence-corrected chi connectivity index (χ4v) is 6.77. The summed E-state index contributed by atoms with van der Waals surface area (Å²) in [5, 5.41) is 12.9. The number of carbonyl (C=O) groups excluding carboxylic acids is 2. The maximum atomic E-state index is 14.1. The lowest BCUT2D eigenvalue weighted by Gasteiger charge is -2.46. The fraction of sp³-hybridized carbons (Fsp3) is 0.357. The molecule has 2 amide bonds. The van der Waals surface area contributed by atoms with Gasteiger partial charge < -0.3 is 5.11 Å². The molecule has 1 aromatic heterocycles. The molecule has 1 saturated heterocycles. The van der Waals surface area contributed by atoms with Gasteiger partial charge in [0.2, 0.25) is 17.5 Å². The molecule has 0 spiro atoms. The molecular weight excluding hydrogens is 456 g/mol. The number of benzene rings is 2. The third kappa shape index (κ3) is 2.38. The zero-order chi connectivity index (χ0) is 25.8. The summed E-state index contributed by atoms with van der Waals surface area (Å²) in [7, 11) is 0. The van der Waals surface area contributed by atoms with Crippen LogP contribution >= 0.6 is 0 Å². The lowest BCUT2D eigenvalue weighted by atomic mass is 9.60. The van der Waals surface area contributed by atoms with Crippen LogP contribution in [0.2, 0.25) is 0 Å². The molecule has 36 heavy (non-hydrogen) atoms. The number of allylic oxidation sites excluding steroid dienone is 1. The highest BCUT2D eigenvalue weighted by molar-refractivity contribution is 5.98. The minimum atomic E-state index is -1.92.